The number of ketones is 1. The first-order valence-electron chi connectivity index (χ1n) is 4.70. The van der Waals surface area contributed by atoms with Crippen molar-refractivity contribution in [3.63, 3.8) is 0 Å². The van der Waals surface area contributed by atoms with Gasteiger partial charge in [0, 0.05) is 18.6 Å². The minimum absolute atomic E-state index is 0.0495. The van der Waals surface area contributed by atoms with Crippen LogP contribution in [0.15, 0.2) is 11.1 Å². The molecule has 1 aliphatic rings. The van der Waals surface area contributed by atoms with Gasteiger partial charge in [-0.15, -0.1) is 11.8 Å². The molecule has 1 heterocycles. The summed E-state index contributed by atoms with van der Waals surface area (Å²) in [6.07, 6.45) is 0.749. The second-order valence-corrected chi connectivity index (χ2v) is 5.78. The SMILES string of the molecule is C=C(Br)CC1(C(=O)OCC)SCCC1=O. The molecule has 0 spiro atoms. The van der Waals surface area contributed by atoms with Crippen LogP contribution in [0.2, 0.25) is 0 Å². The van der Waals surface area contributed by atoms with E-state index in [1.165, 1.54) is 11.8 Å². The van der Waals surface area contributed by atoms with Crippen LogP contribution in [0.1, 0.15) is 19.8 Å². The predicted octanol–water partition coefficient (Wildman–Crippen LogP) is 2.29. The highest BCUT2D eigenvalue weighted by Gasteiger charge is 2.50. The number of carbonyl (C=O) groups is 2. The molecule has 84 valence electrons. The molecule has 3 nitrogen and oxygen atoms in total. The molecule has 1 atom stereocenters. The van der Waals surface area contributed by atoms with Crippen molar-refractivity contribution in [1.82, 2.24) is 0 Å². The van der Waals surface area contributed by atoms with E-state index in [1.807, 2.05) is 0 Å². The number of carbonyl (C=O) groups excluding carboxylic acids is 2. The molecule has 1 aliphatic heterocycles. The van der Waals surface area contributed by atoms with Gasteiger partial charge < -0.3 is 4.74 Å². The van der Waals surface area contributed by atoms with E-state index in [4.69, 9.17) is 4.74 Å². The lowest BCUT2D eigenvalue weighted by Gasteiger charge is -2.23. The highest BCUT2D eigenvalue weighted by atomic mass is 79.9. The van der Waals surface area contributed by atoms with Gasteiger partial charge in [0.25, 0.3) is 0 Å². The van der Waals surface area contributed by atoms with Crippen molar-refractivity contribution in [2.24, 2.45) is 0 Å². The van der Waals surface area contributed by atoms with Gasteiger partial charge >= 0.3 is 5.97 Å². The van der Waals surface area contributed by atoms with Crippen LogP contribution >= 0.6 is 27.7 Å². The standard InChI is InChI=1S/C10H13BrO3S/c1-3-14-9(13)10(6-7(2)11)8(12)4-5-15-10/h2-6H2,1H3. The summed E-state index contributed by atoms with van der Waals surface area (Å²) in [7, 11) is 0. The van der Waals surface area contributed by atoms with E-state index >= 15 is 0 Å². The minimum atomic E-state index is -1.05. The fourth-order valence-corrected chi connectivity index (χ4v) is 3.47. The topological polar surface area (TPSA) is 43.4 Å². The summed E-state index contributed by atoms with van der Waals surface area (Å²) in [6.45, 7) is 5.71. The van der Waals surface area contributed by atoms with Crippen molar-refractivity contribution in [3.8, 4) is 0 Å². The number of Topliss-reactive ketones (excluding diaryl/α,β-unsaturated/α-hetero) is 1. The molecule has 0 N–H and O–H groups in total. The zero-order valence-corrected chi connectivity index (χ0v) is 10.9. The second-order valence-electron chi connectivity index (χ2n) is 3.26. The molecule has 0 aromatic heterocycles. The van der Waals surface area contributed by atoms with Crippen molar-refractivity contribution in [2.45, 2.75) is 24.5 Å². The molecular weight excluding hydrogens is 280 g/mol. The first-order chi connectivity index (χ1) is 7.03. The van der Waals surface area contributed by atoms with Crippen LogP contribution in [0.25, 0.3) is 0 Å². The molecule has 1 fully saturated rings. The molecule has 15 heavy (non-hydrogen) atoms. The van der Waals surface area contributed by atoms with Gasteiger partial charge in [-0.1, -0.05) is 22.5 Å². The van der Waals surface area contributed by atoms with Crippen LogP contribution in [0, 0.1) is 0 Å². The van der Waals surface area contributed by atoms with Crippen molar-refractivity contribution in [1.29, 1.82) is 0 Å². The third-order valence-corrected chi connectivity index (χ3v) is 3.89. The zero-order chi connectivity index (χ0) is 11.5. The summed E-state index contributed by atoms with van der Waals surface area (Å²) >= 11 is 4.56. The smallest absolute Gasteiger partial charge is 0.330 e. The second kappa shape index (κ2) is 5.16. The van der Waals surface area contributed by atoms with Gasteiger partial charge in [-0.05, 0) is 11.4 Å². The quantitative estimate of drug-likeness (QED) is 0.589. The number of hydrogen-bond acceptors (Lipinski definition) is 4. The monoisotopic (exact) mass is 292 g/mol. The Hall–Kier alpha value is -0.290. The number of halogens is 1. The number of hydrogen-bond donors (Lipinski definition) is 0. The summed E-state index contributed by atoms with van der Waals surface area (Å²) < 4.78 is 4.56. The molecule has 0 aliphatic carbocycles. The predicted molar refractivity (Wildman–Crippen MR) is 64.1 cm³/mol. The lowest BCUT2D eigenvalue weighted by atomic mass is 9.98. The Bertz CT molecular complexity index is 303. The van der Waals surface area contributed by atoms with Gasteiger partial charge in [-0.2, -0.15) is 0 Å². The summed E-state index contributed by atoms with van der Waals surface area (Å²) in [4.78, 5) is 23.6. The number of ether oxygens (including phenoxy) is 1. The van der Waals surface area contributed by atoms with Crippen LogP contribution in [-0.4, -0.2) is 28.9 Å². The maximum absolute atomic E-state index is 11.8. The first-order valence-corrected chi connectivity index (χ1v) is 6.48. The largest absolute Gasteiger partial charge is 0.465 e. The van der Waals surface area contributed by atoms with Crippen LogP contribution in [0.4, 0.5) is 0 Å². The van der Waals surface area contributed by atoms with Gasteiger partial charge in [0.05, 0.1) is 6.61 Å². The molecule has 0 amide bonds. The molecular formula is C10H13BrO3S. The maximum atomic E-state index is 11.8. The van der Waals surface area contributed by atoms with E-state index in [-0.39, 0.29) is 5.78 Å². The average molecular weight is 293 g/mol. The molecule has 1 rings (SSSR count). The molecule has 0 radical (unpaired) electrons. The summed E-state index contributed by atoms with van der Waals surface area (Å²) in [6, 6.07) is 0. The van der Waals surface area contributed by atoms with Crippen molar-refractivity contribution < 1.29 is 14.3 Å². The Morgan fingerprint density at radius 2 is 2.40 bits per heavy atom. The van der Waals surface area contributed by atoms with Crippen molar-refractivity contribution in [2.75, 3.05) is 12.4 Å². The van der Waals surface area contributed by atoms with E-state index in [2.05, 4.69) is 22.5 Å². The fraction of sp³-hybridized carbons (Fsp3) is 0.600. The maximum Gasteiger partial charge on any atom is 0.330 e. The van der Waals surface area contributed by atoms with E-state index in [1.54, 1.807) is 6.92 Å². The Morgan fingerprint density at radius 1 is 1.73 bits per heavy atom. The van der Waals surface area contributed by atoms with Gasteiger partial charge in [0.1, 0.15) is 0 Å². The molecule has 5 heteroatoms. The number of esters is 1. The zero-order valence-electron chi connectivity index (χ0n) is 8.55. The van der Waals surface area contributed by atoms with E-state index < -0.39 is 10.7 Å². The highest BCUT2D eigenvalue weighted by molar-refractivity contribution is 9.11. The van der Waals surface area contributed by atoms with Gasteiger partial charge in [0.2, 0.25) is 0 Å². The molecule has 0 saturated carbocycles. The first kappa shape index (κ1) is 12.8. The van der Waals surface area contributed by atoms with Crippen LogP contribution in [0.3, 0.4) is 0 Å². The summed E-state index contributed by atoms with van der Waals surface area (Å²) in [5, 5.41) is 0. The molecule has 1 unspecified atom stereocenters. The lowest BCUT2D eigenvalue weighted by Crippen LogP contribution is -2.41. The molecule has 0 aromatic carbocycles. The third-order valence-electron chi connectivity index (χ3n) is 2.17. The Balaban J connectivity index is 2.90. The fourth-order valence-electron chi connectivity index (χ4n) is 1.51. The van der Waals surface area contributed by atoms with Crippen LogP contribution < -0.4 is 0 Å². The van der Waals surface area contributed by atoms with E-state index in [0.717, 1.165) is 0 Å². The molecule has 0 bridgehead atoms. The van der Waals surface area contributed by atoms with Gasteiger partial charge in [-0.3, -0.25) is 9.59 Å². The Morgan fingerprint density at radius 3 is 2.80 bits per heavy atom. The summed E-state index contributed by atoms with van der Waals surface area (Å²) in [5.41, 5.74) is 0. The minimum Gasteiger partial charge on any atom is -0.465 e. The lowest BCUT2D eigenvalue weighted by molar-refractivity contribution is -0.148. The van der Waals surface area contributed by atoms with Gasteiger partial charge in [-0.25, -0.2) is 0 Å². The van der Waals surface area contributed by atoms with Crippen LogP contribution in [0.5, 0.6) is 0 Å². The normalized spacial score (nSPS) is 25.3. The van der Waals surface area contributed by atoms with Crippen LogP contribution in [-0.2, 0) is 14.3 Å². The average Bonchev–Trinajstić information content (AvgIpc) is 2.48. The van der Waals surface area contributed by atoms with Gasteiger partial charge in [0.15, 0.2) is 10.5 Å². The summed E-state index contributed by atoms with van der Waals surface area (Å²) in [5.74, 6) is 0.197. The Kier molecular flexibility index (Phi) is 4.40. The number of allylic oxidation sites excluding steroid dienone is 1. The molecule has 1 saturated heterocycles. The third kappa shape index (κ3) is 2.64. The number of thioether (sulfide) groups is 1. The number of rotatable bonds is 4. The highest BCUT2D eigenvalue weighted by Crippen LogP contribution is 2.41. The van der Waals surface area contributed by atoms with Crippen molar-refractivity contribution in [3.05, 3.63) is 11.1 Å². The molecule has 0 aromatic rings. The van der Waals surface area contributed by atoms with E-state index in [9.17, 15) is 9.59 Å². The Labute approximate surface area is 102 Å². The van der Waals surface area contributed by atoms with Crippen molar-refractivity contribution >= 4 is 39.4 Å². The van der Waals surface area contributed by atoms with E-state index in [0.29, 0.717) is 29.7 Å².